The van der Waals surface area contributed by atoms with Crippen molar-refractivity contribution in [1.82, 2.24) is 9.97 Å². The molecule has 0 aliphatic carbocycles. The van der Waals surface area contributed by atoms with Crippen molar-refractivity contribution in [3.05, 3.63) is 44.8 Å². The van der Waals surface area contributed by atoms with E-state index in [1.54, 1.807) is 17.5 Å². The fourth-order valence-electron chi connectivity index (χ4n) is 1.63. The topological polar surface area (TPSA) is 25.8 Å². The van der Waals surface area contributed by atoms with E-state index in [-0.39, 0.29) is 0 Å². The zero-order valence-electron chi connectivity index (χ0n) is 8.52. The fraction of sp³-hybridized carbons (Fsp3) is 0. The summed E-state index contributed by atoms with van der Waals surface area (Å²) in [4.78, 5) is 8.91. The first-order chi connectivity index (χ1) is 8.24. The van der Waals surface area contributed by atoms with Crippen LogP contribution in [0.4, 0.5) is 0 Å². The van der Waals surface area contributed by atoms with Gasteiger partial charge in [-0.15, -0.1) is 11.3 Å². The van der Waals surface area contributed by atoms with Gasteiger partial charge in [0, 0.05) is 25.9 Å². The van der Waals surface area contributed by atoms with Crippen molar-refractivity contribution in [1.29, 1.82) is 0 Å². The zero-order valence-corrected chi connectivity index (χ0v) is 12.5. The molecule has 3 rings (SSSR count). The van der Waals surface area contributed by atoms with Gasteiger partial charge in [0.1, 0.15) is 5.01 Å². The van der Waals surface area contributed by atoms with Crippen LogP contribution in [-0.2, 0) is 0 Å². The monoisotopic (exact) mass is 368 g/mol. The molecular weight excluding hydrogens is 364 g/mol. The SMILES string of the molecule is Brc1cc(Br)c2nc(-c3nccs3)ccc2c1. The van der Waals surface area contributed by atoms with Crippen LogP contribution in [0.25, 0.3) is 21.6 Å². The van der Waals surface area contributed by atoms with Crippen molar-refractivity contribution in [3.63, 3.8) is 0 Å². The summed E-state index contributed by atoms with van der Waals surface area (Å²) in [6.07, 6.45) is 1.79. The van der Waals surface area contributed by atoms with Crippen molar-refractivity contribution >= 4 is 54.1 Å². The number of thiazole rings is 1. The third-order valence-electron chi connectivity index (χ3n) is 2.36. The third-order valence-corrected chi connectivity index (χ3v) is 4.22. The highest BCUT2D eigenvalue weighted by Gasteiger charge is 2.06. The highest BCUT2D eigenvalue weighted by atomic mass is 79.9. The third kappa shape index (κ3) is 2.14. The molecule has 0 radical (unpaired) electrons. The lowest BCUT2D eigenvalue weighted by molar-refractivity contribution is 1.33. The Morgan fingerprint density at radius 1 is 1.12 bits per heavy atom. The van der Waals surface area contributed by atoms with Crippen LogP contribution >= 0.6 is 43.2 Å². The van der Waals surface area contributed by atoms with Gasteiger partial charge in [-0.1, -0.05) is 22.0 Å². The van der Waals surface area contributed by atoms with E-state index < -0.39 is 0 Å². The van der Waals surface area contributed by atoms with Crippen molar-refractivity contribution in [2.75, 3.05) is 0 Å². The molecule has 0 unspecified atom stereocenters. The lowest BCUT2D eigenvalue weighted by atomic mass is 10.2. The van der Waals surface area contributed by atoms with Crippen LogP contribution in [0, 0.1) is 0 Å². The highest BCUT2D eigenvalue weighted by Crippen LogP contribution is 2.29. The molecule has 0 fully saturated rings. The normalized spacial score (nSPS) is 10.9. The molecule has 2 nitrogen and oxygen atoms in total. The Balaban J connectivity index is 2.26. The summed E-state index contributed by atoms with van der Waals surface area (Å²) in [5.74, 6) is 0. The van der Waals surface area contributed by atoms with E-state index in [0.717, 1.165) is 30.5 Å². The molecule has 0 aliphatic heterocycles. The lowest BCUT2D eigenvalue weighted by Gasteiger charge is -2.03. The number of hydrogen-bond acceptors (Lipinski definition) is 3. The Hall–Kier alpha value is -0.780. The molecule has 0 N–H and O–H groups in total. The molecule has 1 aromatic carbocycles. The molecule has 17 heavy (non-hydrogen) atoms. The van der Waals surface area contributed by atoms with Gasteiger partial charge in [0.05, 0.1) is 11.2 Å². The van der Waals surface area contributed by atoms with Gasteiger partial charge < -0.3 is 0 Å². The van der Waals surface area contributed by atoms with E-state index in [4.69, 9.17) is 0 Å². The molecule has 2 aromatic heterocycles. The summed E-state index contributed by atoms with van der Waals surface area (Å²) in [6, 6.07) is 8.12. The average Bonchev–Trinajstić information content (AvgIpc) is 2.82. The van der Waals surface area contributed by atoms with Crippen molar-refractivity contribution < 1.29 is 0 Å². The predicted octanol–water partition coefficient (Wildman–Crippen LogP) is 4.88. The van der Waals surface area contributed by atoms with Crippen LogP contribution in [0.1, 0.15) is 0 Å². The maximum Gasteiger partial charge on any atom is 0.141 e. The second kappa shape index (κ2) is 4.48. The maximum atomic E-state index is 4.64. The second-order valence-electron chi connectivity index (χ2n) is 3.49. The summed E-state index contributed by atoms with van der Waals surface area (Å²) in [6.45, 7) is 0. The first kappa shape index (κ1) is 11.3. The van der Waals surface area contributed by atoms with E-state index in [2.05, 4.69) is 54.0 Å². The molecular formula is C12H6Br2N2S. The van der Waals surface area contributed by atoms with Crippen molar-refractivity contribution in [2.24, 2.45) is 0 Å². The average molecular weight is 370 g/mol. The summed E-state index contributed by atoms with van der Waals surface area (Å²) < 4.78 is 2.03. The summed E-state index contributed by atoms with van der Waals surface area (Å²) in [5, 5.41) is 4.01. The Morgan fingerprint density at radius 3 is 2.76 bits per heavy atom. The summed E-state index contributed by atoms with van der Waals surface area (Å²) >= 11 is 8.60. The molecule has 0 saturated carbocycles. The lowest BCUT2D eigenvalue weighted by Crippen LogP contribution is -1.85. The Kier molecular flexibility index (Phi) is 2.98. The predicted molar refractivity (Wildman–Crippen MR) is 78.3 cm³/mol. The van der Waals surface area contributed by atoms with E-state index in [9.17, 15) is 0 Å². The van der Waals surface area contributed by atoms with E-state index >= 15 is 0 Å². The van der Waals surface area contributed by atoms with Gasteiger partial charge >= 0.3 is 0 Å². The van der Waals surface area contributed by atoms with Crippen molar-refractivity contribution in [2.45, 2.75) is 0 Å². The van der Waals surface area contributed by atoms with Crippen LogP contribution in [-0.4, -0.2) is 9.97 Å². The Bertz CT molecular complexity index is 680. The molecule has 0 saturated heterocycles. The van der Waals surface area contributed by atoms with Gasteiger partial charge in [0.15, 0.2) is 0 Å². The molecule has 5 heteroatoms. The largest absolute Gasteiger partial charge is 0.244 e. The zero-order chi connectivity index (χ0) is 11.8. The number of aromatic nitrogens is 2. The van der Waals surface area contributed by atoms with Gasteiger partial charge in [-0.25, -0.2) is 9.97 Å². The number of halogens is 2. The molecule has 0 bridgehead atoms. The number of fused-ring (bicyclic) bond motifs is 1. The number of pyridine rings is 1. The number of hydrogen-bond donors (Lipinski definition) is 0. The molecule has 2 heterocycles. The van der Waals surface area contributed by atoms with E-state index in [0.29, 0.717) is 0 Å². The first-order valence-electron chi connectivity index (χ1n) is 4.90. The van der Waals surface area contributed by atoms with Gasteiger partial charge in [0.2, 0.25) is 0 Å². The van der Waals surface area contributed by atoms with Gasteiger partial charge in [0.25, 0.3) is 0 Å². The quantitative estimate of drug-likeness (QED) is 0.610. The maximum absolute atomic E-state index is 4.64. The van der Waals surface area contributed by atoms with Crippen LogP contribution in [0.3, 0.4) is 0 Å². The minimum absolute atomic E-state index is 0.913. The molecule has 0 spiro atoms. The van der Waals surface area contributed by atoms with Crippen molar-refractivity contribution in [3.8, 4) is 10.7 Å². The van der Waals surface area contributed by atoms with Crippen LogP contribution < -0.4 is 0 Å². The van der Waals surface area contributed by atoms with E-state index in [1.807, 2.05) is 17.5 Å². The molecule has 3 aromatic rings. The number of rotatable bonds is 1. The number of benzene rings is 1. The van der Waals surface area contributed by atoms with Gasteiger partial charge in [-0.3, -0.25) is 0 Å². The minimum atomic E-state index is 0.913. The minimum Gasteiger partial charge on any atom is -0.244 e. The van der Waals surface area contributed by atoms with Gasteiger partial charge in [-0.2, -0.15) is 0 Å². The second-order valence-corrected chi connectivity index (χ2v) is 6.16. The molecule has 0 atom stereocenters. The molecule has 0 aliphatic rings. The van der Waals surface area contributed by atoms with Crippen LogP contribution in [0.2, 0.25) is 0 Å². The smallest absolute Gasteiger partial charge is 0.141 e. The summed E-state index contributed by atoms with van der Waals surface area (Å²) in [7, 11) is 0. The summed E-state index contributed by atoms with van der Waals surface area (Å²) in [5.41, 5.74) is 1.87. The molecule has 0 amide bonds. The standard InChI is InChI=1S/C12H6Br2N2S/c13-8-5-7-1-2-10(12-15-3-4-17-12)16-11(7)9(14)6-8/h1-6H. The molecule has 84 valence electrons. The van der Waals surface area contributed by atoms with Crippen LogP contribution in [0.15, 0.2) is 44.8 Å². The van der Waals surface area contributed by atoms with Crippen LogP contribution in [0.5, 0.6) is 0 Å². The van der Waals surface area contributed by atoms with Gasteiger partial charge in [-0.05, 0) is 34.1 Å². The Labute approximate surface area is 119 Å². The first-order valence-corrected chi connectivity index (χ1v) is 7.36. The highest BCUT2D eigenvalue weighted by molar-refractivity contribution is 9.11. The fourth-order valence-corrected chi connectivity index (χ4v) is 3.58. The number of nitrogens with zero attached hydrogens (tertiary/aromatic N) is 2. The Morgan fingerprint density at radius 2 is 2.00 bits per heavy atom. The van der Waals surface area contributed by atoms with E-state index in [1.165, 1.54) is 0 Å².